The molecule has 0 spiro atoms. The SMILES string of the molecule is CNC(=O)C(C)(C)CNCc1cc(C(=O)O)ccc1F. The molecular weight excluding hydrogens is 263 g/mol. The van der Waals surface area contributed by atoms with Gasteiger partial charge in [-0.15, -0.1) is 0 Å². The Morgan fingerprint density at radius 1 is 1.35 bits per heavy atom. The summed E-state index contributed by atoms with van der Waals surface area (Å²) in [5, 5.41) is 14.4. The van der Waals surface area contributed by atoms with Crippen molar-refractivity contribution in [3.8, 4) is 0 Å². The average molecular weight is 282 g/mol. The van der Waals surface area contributed by atoms with E-state index >= 15 is 0 Å². The highest BCUT2D eigenvalue weighted by Gasteiger charge is 2.25. The van der Waals surface area contributed by atoms with E-state index in [1.54, 1.807) is 20.9 Å². The molecule has 1 aromatic carbocycles. The second kappa shape index (κ2) is 6.47. The van der Waals surface area contributed by atoms with Gasteiger partial charge in [-0.2, -0.15) is 0 Å². The second-order valence-corrected chi connectivity index (χ2v) is 5.18. The topological polar surface area (TPSA) is 78.4 Å². The Labute approximate surface area is 117 Å². The number of carboxylic acid groups (broad SMARTS) is 1. The van der Waals surface area contributed by atoms with Crippen molar-refractivity contribution < 1.29 is 19.1 Å². The third-order valence-electron chi connectivity index (χ3n) is 3.02. The van der Waals surface area contributed by atoms with Crippen molar-refractivity contribution in [1.29, 1.82) is 0 Å². The molecule has 0 aliphatic rings. The molecule has 5 nitrogen and oxygen atoms in total. The monoisotopic (exact) mass is 282 g/mol. The molecular formula is C14H19FN2O3. The van der Waals surface area contributed by atoms with Gasteiger partial charge >= 0.3 is 5.97 Å². The molecule has 6 heteroatoms. The van der Waals surface area contributed by atoms with E-state index in [1.807, 2.05) is 0 Å². The molecule has 0 aliphatic heterocycles. The zero-order valence-electron chi connectivity index (χ0n) is 11.8. The minimum absolute atomic E-state index is 0.0359. The summed E-state index contributed by atoms with van der Waals surface area (Å²) < 4.78 is 13.6. The zero-order valence-corrected chi connectivity index (χ0v) is 11.8. The minimum atomic E-state index is -1.10. The second-order valence-electron chi connectivity index (χ2n) is 5.18. The molecule has 1 rings (SSSR count). The lowest BCUT2D eigenvalue weighted by Gasteiger charge is -2.23. The Hall–Kier alpha value is -1.95. The van der Waals surface area contributed by atoms with Gasteiger partial charge in [0.25, 0.3) is 0 Å². The van der Waals surface area contributed by atoms with E-state index in [0.717, 1.165) is 6.07 Å². The predicted molar refractivity (Wildman–Crippen MR) is 72.9 cm³/mol. The van der Waals surface area contributed by atoms with Crippen molar-refractivity contribution >= 4 is 11.9 Å². The Morgan fingerprint density at radius 2 is 2.00 bits per heavy atom. The highest BCUT2D eigenvalue weighted by atomic mass is 19.1. The molecule has 0 unspecified atom stereocenters. The molecule has 0 aliphatic carbocycles. The first-order valence-electron chi connectivity index (χ1n) is 6.22. The number of carboxylic acids is 1. The van der Waals surface area contributed by atoms with Crippen LogP contribution >= 0.6 is 0 Å². The Kier molecular flexibility index (Phi) is 5.21. The fraction of sp³-hybridized carbons (Fsp3) is 0.429. The molecule has 0 aromatic heterocycles. The van der Waals surface area contributed by atoms with Gasteiger partial charge in [-0.25, -0.2) is 9.18 Å². The van der Waals surface area contributed by atoms with E-state index in [1.165, 1.54) is 12.1 Å². The molecule has 0 saturated heterocycles. The van der Waals surface area contributed by atoms with Gasteiger partial charge in [0.1, 0.15) is 5.82 Å². The lowest BCUT2D eigenvalue weighted by molar-refractivity contribution is -0.128. The van der Waals surface area contributed by atoms with E-state index in [-0.39, 0.29) is 23.6 Å². The van der Waals surface area contributed by atoms with Crippen molar-refractivity contribution in [3.05, 3.63) is 35.1 Å². The molecule has 3 N–H and O–H groups in total. The Balaban J connectivity index is 2.69. The normalized spacial score (nSPS) is 11.2. The number of aromatic carboxylic acids is 1. The van der Waals surface area contributed by atoms with Crippen LogP contribution in [0.2, 0.25) is 0 Å². The largest absolute Gasteiger partial charge is 0.478 e. The molecule has 20 heavy (non-hydrogen) atoms. The van der Waals surface area contributed by atoms with Gasteiger partial charge < -0.3 is 15.7 Å². The lowest BCUT2D eigenvalue weighted by atomic mass is 9.92. The van der Waals surface area contributed by atoms with Crippen molar-refractivity contribution in [2.24, 2.45) is 5.41 Å². The van der Waals surface area contributed by atoms with Crippen LogP contribution in [0, 0.1) is 11.2 Å². The number of benzene rings is 1. The fourth-order valence-corrected chi connectivity index (χ4v) is 1.77. The maximum Gasteiger partial charge on any atom is 0.335 e. The number of nitrogens with one attached hydrogen (secondary N) is 2. The Bertz CT molecular complexity index is 515. The summed E-state index contributed by atoms with van der Waals surface area (Å²) in [5.41, 5.74) is -0.332. The molecule has 110 valence electrons. The first-order valence-corrected chi connectivity index (χ1v) is 6.22. The summed E-state index contributed by atoms with van der Waals surface area (Å²) in [6, 6.07) is 3.64. The van der Waals surface area contributed by atoms with Gasteiger partial charge in [0.2, 0.25) is 5.91 Å². The summed E-state index contributed by atoms with van der Waals surface area (Å²) in [5.74, 6) is -1.69. The number of carbonyl (C=O) groups excluding carboxylic acids is 1. The van der Waals surface area contributed by atoms with Crippen LogP contribution in [0.3, 0.4) is 0 Å². The van der Waals surface area contributed by atoms with Crippen molar-refractivity contribution in [2.75, 3.05) is 13.6 Å². The number of amides is 1. The van der Waals surface area contributed by atoms with Gasteiger partial charge in [-0.05, 0) is 32.0 Å². The maximum absolute atomic E-state index is 13.6. The zero-order chi connectivity index (χ0) is 15.3. The maximum atomic E-state index is 13.6. The highest BCUT2D eigenvalue weighted by molar-refractivity contribution is 5.87. The quantitative estimate of drug-likeness (QED) is 0.736. The van der Waals surface area contributed by atoms with Crippen molar-refractivity contribution in [3.63, 3.8) is 0 Å². The minimum Gasteiger partial charge on any atom is -0.478 e. The van der Waals surface area contributed by atoms with Crippen LogP contribution in [0.25, 0.3) is 0 Å². The van der Waals surface area contributed by atoms with Crippen LogP contribution in [0.1, 0.15) is 29.8 Å². The van der Waals surface area contributed by atoms with Crippen LogP contribution in [0.5, 0.6) is 0 Å². The Morgan fingerprint density at radius 3 is 2.55 bits per heavy atom. The van der Waals surface area contributed by atoms with Gasteiger partial charge in [0.15, 0.2) is 0 Å². The van der Waals surface area contributed by atoms with Crippen LogP contribution in [-0.4, -0.2) is 30.6 Å². The summed E-state index contributed by atoms with van der Waals surface area (Å²) in [4.78, 5) is 22.4. The molecule has 1 aromatic rings. The van der Waals surface area contributed by atoms with Gasteiger partial charge in [0.05, 0.1) is 11.0 Å². The summed E-state index contributed by atoms with van der Waals surface area (Å²) >= 11 is 0. The molecule has 0 fully saturated rings. The molecule has 0 atom stereocenters. The molecule has 1 amide bonds. The standard InChI is InChI=1S/C14H19FN2O3/c1-14(2,13(20)16-3)8-17-7-10-6-9(12(18)19)4-5-11(10)15/h4-6,17H,7-8H2,1-3H3,(H,16,20)(H,18,19). The third-order valence-corrected chi connectivity index (χ3v) is 3.02. The summed E-state index contributed by atoms with van der Waals surface area (Å²) in [7, 11) is 1.56. The predicted octanol–water partition coefficient (Wildman–Crippen LogP) is 1.39. The van der Waals surface area contributed by atoms with Gasteiger partial charge in [0, 0.05) is 25.7 Å². The first kappa shape index (κ1) is 16.1. The lowest BCUT2D eigenvalue weighted by Crippen LogP contribution is -2.41. The van der Waals surface area contributed by atoms with Crippen LogP contribution in [0.15, 0.2) is 18.2 Å². The van der Waals surface area contributed by atoms with Crippen LogP contribution < -0.4 is 10.6 Å². The summed E-state index contributed by atoms with van der Waals surface area (Å²) in [6.07, 6.45) is 0. The van der Waals surface area contributed by atoms with Gasteiger partial charge in [-0.1, -0.05) is 0 Å². The number of hydrogen-bond donors (Lipinski definition) is 3. The number of rotatable bonds is 6. The highest BCUT2D eigenvalue weighted by Crippen LogP contribution is 2.15. The van der Waals surface area contributed by atoms with Crippen molar-refractivity contribution in [2.45, 2.75) is 20.4 Å². The van der Waals surface area contributed by atoms with Crippen molar-refractivity contribution in [1.82, 2.24) is 10.6 Å². The molecule has 0 saturated carbocycles. The fourth-order valence-electron chi connectivity index (χ4n) is 1.77. The summed E-state index contributed by atoms with van der Waals surface area (Å²) in [6.45, 7) is 4.04. The van der Waals surface area contributed by atoms with E-state index in [4.69, 9.17) is 5.11 Å². The van der Waals surface area contributed by atoms with E-state index < -0.39 is 17.2 Å². The number of halogens is 1. The number of carbonyl (C=O) groups is 2. The van der Waals surface area contributed by atoms with E-state index in [0.29, 0.717) is 6.54 Å². The van der Waals surface area contributed by atoms with Crippen LogP contribution in [-0.2, 0) is 11.3 Å². The third kappa shape index (κ3) is 4.03. The molecule has 0 heterocycles. The van der Waals surface area contributed by atoms with E-state index in [9.17, 15) is 14.0 Å². The first-order chi connectivity index (χ1) is 9.27. The van der Waals surface area contributed by atoms with Gasteiger partial charge in [-0.3, -0.25) is 4.79 Å². The number of hydrogen-bond acceptors (Lipinski definition) is 3. The van der Waals surface area contributed by atoms with Crippen LogP contribution in [0.4, 0.5) is 4.39 Å². The smallest absolute Gasteiger partial charge is 0.335 e. The molecule has 0 radical (unpaired) electrons. The average Bonchev–Trinajstić information content (AvgIpc) is 2.39. The van der Waals surface area contributed by atoms with E-state index in [2.05, 4.69) is 10.6 Å². The molecule has 0 bridgehead atoms.